The molecule has 0 N–H and O–H groups in total. The lowest BCUT2D eigenvalue weighted by atomic mass is 9.74. The number of fused-ring (bicyclic) bond motifs is 3. The van der Waals surface area contributed by atoms with Gasteiger partial charge in [-0.25, -0.2) is 0 Å². The molecule has 1 saturated carbocycles. The van der Waals surface area contributed by atoms with Gasteiger partial charge < -0.3 is 0 Å². The second kappa shape index (κ2) is 4.95. The minimum atomic E-state index is -0.356. The van der Waals surface area contributed by atoms with E-state index in [2.05, 4.69) is 25.3 Å². The van der Waals surface area contributed by atoms with Crippen LogP contribution in [-0.2, 0) is 9.59 Å². The average Bonchev–Trinajstić information content (AvgIpc) is 3.02. The van der Waals surface area contributed by atoms with Gasteiger partial charge in [-0.05, 0) is 30.6 Å². The van der Waals surface area contributed by atoms with Crippen molar-refractivity contribution in [3.63, 3.8) is 0 Å². The van der Waals surface area contributed by atoms with Crippen LogP contribution in [-0.4, -0.2) is 23.3 Å². The van der Waals surface area contributed by atoms with Gasteiger partial charge in [0.25, 0.3) is 0 Å². The highest BCUT2D eigenvalue weighted by Gasteiger charge is 2.60. The lowest BCUT2D eigenvalue weighted by Crippen LogP contribution is -2.39. The van der Waals surface area contributed by atoms with Crippen LogP contribution in [0.1, 0.15) is 33.1 Å². The van der Waals surface area contributed by atoms with Gasteiger partial charge in [0.05, 0.1) is 5.41 Å². The fourth-order valence-electron chi connectivity index (χ4n) is 3.78. The van der Waals surface area contributed by atoms with Gasteiger partial charge in [-0.2, -0.15) is 0 Å². The topological polar surface area (TPSA) is 37.4 Å². The monoisotopic (exact) mass is 261 g/mol. The minimum absolute atomic E-state index is 0.0460. The number of likely N-dealkylation sites (tertiary alicyclic amines) is 1. The van der Waals surface area contributed by atoms with E-state index in [-0.39, 0.29) is 17.2 Å². The molecule has 1 aliphatic heterocycles. The Bertz CT molecular complexity index is 426. The summed E-state index contributed by atoms with van der Waals surface area (Å²) in [6, 6.07) is 0. The molecule has 2 amide bonds. The van der Waals surface area contributed by atoms with Crippen molar-refractivity contribution in [3.05, 3.63) is 25.3 Å². The summed E-state index contributed by atoms with van der Waals surface area (Å²) in [5, 5.41) is 0. The van der Waals surface area contributed by atoms with Crippen LogP contribution in [0.25, 0.3) is 0 Å². The van der Waals surface area contributed by atoms with E-state index in [0.29, 0.717) is 30.7 Å². The molecule has 3 atom stereocenters. The molecule has 2 fully saturated rings. The van der Waals surface area contributed by atoms with E-state index >= 15 is 0 Å². The number of rotatable bonds is 2. The maximum Gasteiger partial charge on any atom is 0.236 e. The van der Waals surface area contributed by atoms with Crippen LogP contribution in [0.2, 0.25) is 0 Å². The van der Waals surface area contributed by atoms with Gasteiger partial charge in [0.2, 0.25) is 11.8 Å². The highest BCUT2D eigenvalue weighted by atomic mass is 16.2. The fraction of sp³-hybridized carbons (Fsp3) is 0.625. The molecule has 3 nitrogen and oxygen atoms in total. The van der Waals surface area contributed by atoms with E-state index in [0.717, 1.165) is 12.8 Å². The second-order valence-electron chi connectivity index (χ2n) is 6.23. The molecule has 1 saturated heterocycles. The summed E-state index contributed by atoms with van der Waals surface area (Å²) < 4.78 is 0. The molecule has 3 heteroatoms. The Morgan fingerprint density at radius 2 is 2.05 bits per heavy atom. The molecule has 2 bridgehead atoms. The summed E-state index contributed by atoms with van der Waals surface area (Å²) in [7, 11) is 0. The van der Waals surface area contributed by atoms with Crippen LogP contribution in [0.3, 0.4) is 0 Å². The Hall–Kier alpha value is -1.38. The van der Waals surface area contributed by atoms with Crippen molar-refractivity contribution < 1.29 is 9.59 Å². The van der Waals surface area contributed by atoms with Crippen molar-refractivity contribution in [1.29, 1.82) is 0 Å². The van der Waals surface area contributed by atoms with Gasteiger partial charge in [0, 0.05) is 13.0 Å². The van der Waals surface area contributed by atoms with Gasteiger partial charge in [0.1, 0.15) is 0 Å². The van der Waals surface area contributed by atoms with Crippen molar-refractivity contribution in [3.8, 4) is 0 Å². The van der Waals surface area contributed by atoms with Crippen LogP contribution in [0.4, 0.5) is 0 Å². The molecule has 3 aliphatic rings. The molecular formula is C16H23NO2. The van der Waals surface area contributed by atoms with E-state index in [4.69, 9.17) is 0 Å². The zero-order chi connectivity index (χ0) is 14.2. The van der Waals surface area contributed by atoms with Crippen molar-refractivity contribution in [2.75, 3.05) is 6.54 Å². The molecule has 1 heterocycles. The summed E-state index contributed by atoms with van der Waals surface area (Å²) in [6.45, 7) is 10.7. The molecule has 104 valence electrons. The van der Waals surface area contributed by atoms with Crippen LogP contribution in [0.15, 0.2) is 25.3 Å². The molecule has 0 aromatic heterocycles. The van der Waals surface area contributed by atoms with E-state index in [1.165, 1.54) is 4.90 Å². The number of carbonyl (C=O) groups excluding carboxylic acids is 2. The standard InChI is InChI=1S/C14H19NO2.C2H4/c1-9(2)8-15-12(16)7-14(13(15)17)6-10-3-4-11(14)5-10;1-2/h3-4,9-11H,5-8H2,1-2H3;1-2H2. The molecular weight excluding hydrogens is 238 g/mol. The van der Waals surface area contributed by atoms with Gasteiger partial charge in [-0.15, -0.1) is 13.2 Å². The highest BCUT2D eigenvalue weighted by Crippen LogP contribution is 2.57. The maximum absolute atomic E-state index is 12.5. The van der Waals surface area contributed by atoms with E-state index in [9.17, 15) is 9.59 Å². The molecule has 0 aromatic carbocycles. The summed E-state index contributed by atoms with van der Waals surface area (Å²) in [5.41, 5.74) is -0.356. The normalized spacial score (nSPS) is 35.4. The quantitative estimate of drug-likeness (QED) is 0.566. The third-order valence-electron chi connectivity index (χ3n) is 4.50. The van der Waals surface area contributed by atoms with Crippen molar-refractivity contribution in [2.45, 2.75) is 33.1 Å². The molecule has 19 heavy (non-hydrogen) atoms. The first-order chi connectivity index (χ1) is 9.03. The first-order valence-electron chi connectivity index (χ1n) is 7.06. The fourth-order valence-corrected chi connectivity index (χ4v) is 3.78. The van der Waals surface area contributed by atoms with Gasteiger partial charge in [0.15, 0.2) is 0 Å². The number of imide groups is 1. The van der Waals surface area contributed by atoms with Crippen molar-refractivity contribution in [1.82, 2.24) is 4.90 Å². The zero-order valence-corrected chi connectivity index (χ0v) is 11.9. The van der Waals surface area contributed by atoms with E-state index in [1.54, 1.807) is 0 Å². The first-order valence-corrected chi connectivity index (χ1v) is 7.06. The smallest absolute Gasteiger partial charge is 0.236 e. The summed E-state index contributed by atoms with van der Waals surface area (Å²) in [4.78, 5) is 26.1. The third kappa shape index (κ3) is 2.05. The van der Waals surface area contributed by atoms with Gasteiger partial charge in [-0.3, -0.25) is 14.5 Å². The summed E-state index contributed by atoms with van der Waals surface area (Å²) >= 11 is 0. The summed E-state index contributed by atoms with van der Waals surface area (Å²) in [5.74, 6) is 1.36. The Labute approximate surface area is 115 Å². The predicted octanol–water partition coefficient (Wildman–Crippen LogP) is 2.79. The van der Waals surface area contributed by atoms with Crippen molar-refractivity contribution in [2.24, 2.45) is 23.2 Å². The number of hydrogen-bond donors (Lipinski definition) is 0. The predicted molar refractivity (Wildman–Crippen MR) is 75.2 cm³/mol. The van der Waals surface area contributed by atoms with Gasteiger partial charge in [-0.1, -0.05) is 26.0 Å². The number of nitrogens with zero attached hydrogens (tertiary/aromatic N) is 1. The zero-order valence-electron chi connectivity index (χ0n) is 11.9. The number of hydrogen-bond acceptors (Lipinski definition) is 2. The molecule has 3 unspecified atom stereocenters. The molecule has 1 spiro atoms. The molecule has 2 aliphatic carbocycles. The highest BCUT2D eigenvalue weighted by molar-refractivity contribution is 6.06. The third-order valence-corrected chi connectivity index (χ3v) is 4.50. The number of amides is 2. The summed E-state index contributed by atoms with van der Waals surface area (Å²) in [6.07, 6.45) is 6.81. The molecule has 3 rings (SSSR count). The average molecular weight is 261 g/mol. The Balaban J connectivity index is 0.000000637. The number of carbonyl (C=O) groups is 2. The lowest BCUT2D eigenvalue weighted by molar-refractivity contribution is -0.142. The van der Waals surface area contributed by atoms with E-state index in [1.807, 2.05) is 13.8 Å². The maximum atomic E-state index is 12.5. The molecule has 0 aromatic rings. The first kappa shape index (κ1) is 14.0. The largest absolute Gasteiger partial charge is 0.282 e. The second-order valence-corrected chi connectivity index (χ2v) is 6.23. The molecule has 0 radical (unpaired) electrons. The van der Waals surface area contributed by atoms with Crippen molar-refractivity contribution >= 4 is 11.8 Å². The minimum Gasteiger partial charge on any atom is -0.282 e. The lowest BCUT2D eigenvalue weighted by Gasteiger charge is -2.28. The number of allylic oxidation sites excluding steroid dienone is 2. The van der Waals surface area contributed by atoms with E-state index < -0.39 is 0 Å². The van der Waals surface area contributed by atoms with Crippen LogP contribution >= 0.6 is 0 Å². The SMILES string of the molecule is C=C.CC(C)CN1C(=O)CC2(CC3C=CC2C3)C1=O. The Kier molecular flexibility index (Phi) is 3.66. The van der Waals surface area contributed by atoms with Crippen LogP contribution < -0.4 is 0 Å². The Morgan fingerprint density at radius 1 is 1.37 bits per heavy atom. The van der Waals surface area contributed by atoms with Gasteiger partial charge >= 0.3 is 0 Å². The van der Waals surface area contributed by atoms with Crippen LogP contribution in [0.5, 0.6) is 0 Å². The van der Waals surface area contributed by atoms with Crippen LogP contribution in [0, 0.1) is 23.2 Å². The Morgan fingerprint density at radius 3 is 2.53 bits per heavy atom.